The molecule has 0 amide bonds. The van der Waals surface area contributed by atoms with E-state index in [1.807, 2.05) is 0 Å². The predicted molar refractivity (Wildman–Crippen MR) is 82.5 cm³/mol. The molecule has 0 saturated heterocycles. The number of nitrogens with zero attached hydrogens (tertiary/aromatic N) is 1. The van der Waals surface area contributed by atoms with Crippen LogP contribution in [0.4, 0.5) is 5.69 Å². The molecule has 2 aromatic rings. The number of methoxy groups -OCH3 is 2. The Morgan fingerprint density at radius 2 is 2.05 bits per heavy atom. The van der Waals surface area contributed by atoms with Crippen molar-refractivity contribution in [1.82, 2.24) is 4.98 Å². The molecule has 0 radical (unpaired) electrons. The Morgan fingerprint density at radius 3 is 2.73 bits per heavy atom. The first kappa shape index (κ1) is 15.8. The minimum absolute atomic E-state index is 0.0539. The van der Waals surface area contributed by atoms with Crippen LogP contribution in [0.2, 0.25) is 5.02 Å². The second kappa shape index (κ2) is 6.91. The number of carbonyl (C=O) groups is 2. The molecule has 1 N–H and O–H groups in total. The summed E-state index contributed by atoms with van der Waals surface area (Å²) in [5, 5.41) is 4.01. The summed E-state index contributed by atoms with van der Waals surface area (Å²) in [5.41, 5.74) is 1.20. The van der Waals surface area contributed by atoms with Crippen LogP contribution >= 0.6 is 11.6 Å². The van der Waals surface area contributed by atoms with Crippen molar-refractivity contribution in [3.8, 4) is 0 Å². The first-order valence-electron chi connectivity index (χ1n) is 6.24. The maximum atomic E-state index is 11.8. The molecule has 6 nitrogen and oxygen atoms in total. The highest BCUT2D eigenvalue weighted by Gasteiger charge is 2.14. The number of fused-ring (bicyclic) bond motifs is 1. The molecule has 0 atom stereocenters. The Morgan fingerprint density at radius 1 is 1.27 bits per heavy atom. The van der Waals surface area contributed by atoms with Gasteiger partial charge in [-0.2, -0.15) is 0 Å². The van der Waals surface area contributed by atoms with E-state index in [1.54, 1.807) is 24.3 Å². The van der Waals surface area contributed by atoms with Gasteiger partial charge in [0, 0.05) is 17.3 Å². The zero-order chi connectivity index (χ0) is 16.1. The topological polar surface area (TPSA) is 77.5 Å². The van der Waals surface area contributed by atoms with Gasteiger partial charge in [-0.05, 0) is 18.2 Å². The Kier molecular flexibility index (Phi) is 4.95. The Balaban J connectivity index is 2.46. The number of ether oxygens (including phenoxy) is 2. The predicted octanol–water partition coefficient (Wildman–Crippen LogP) is 2.53. The average Bonchev–Trinajstić information content (AvgIpc) is 2.53. The summed E-state index contributed by atoms with van der Waals surface area (Å²) in [7, 11) is 2.44. The molecule has 0 aliphatic rings. The summed E-state index contributed by atoms with van der Waals surface area (Å²) in [6, 6.07) is 7.00. The molecule has 1 aromatic heterocycles. The van der Waals surface area contributed by atoms with Gasteiger partial charge in [-0.3, -0.25) is 4.98 Å². The number of benzene rings is 1. The Labute approximate surface area is 131 Å². The van der Waals surface area contributed by atoms with Gasteiger partial charge in [-0.15, -0.1) is 0 Å². The lowest BCUT2D eigenvalue weighted by atomic mass is 10.1. The number of hydrogen-bond acceptors (Lipinski definition) is 6. The van der Waals surface area contributed by atoms with Crippen molar-refractivity contribution in [2.24, 2.45) is 0 Å². The fourth-order valence-electron chi connectivity index (χ4n) is 1.81. The number of carbonyl (C=O) groups excluding carboxylic acids is 2. The second-order valence-corrected chi connectivity index (χ2v) is 4.66. The fourth-order valence-corrected chi connectivity index (χ4v) is 1.97. The summed E-state index contributed by atoms with van der Waals surface area (Å²) in [4.78, 5) is 27.3. The molecule has 0 saturated carbocycles. The van der Waals surface area contributed by atoms with Gasteiger partial charge in [0.1, 0.15) is 5.70 Å². The fraction of sp³-hybridized carbons (Fsp3) is 0.133. The molecular weight excluding hydrogens is 308 g/mol. The smallest absolute Gasteiger partial charge is 0.354 e. The molecule has 114 valence electrons. The van der Waals surface area contributed by atoms with E-state index in [9.17, 15) is 9.59 Å². The molecule has 0 bridgehead atoms. The molecule has 2 rings (SSSR count). The molecule has 0 aliphatic carbocycles. The van der Waals surface area contributed by atoms with E-state index in [2.05, 4.69) is 19.8 Å². The number of anilines is 1. The van der Waals surface area contributed by atoms with Gasteiger partial charge in [0.2, 0.25) is 0 Å². The number of hydrogen-bond donors (Lipinski definition) is 1. The van der Waals surface area contributed by atoms with Crippen molar-refractivity contribution >= 4 is 40.1 Å². The van der Waals surface area contributed by atoms with Gasteiger partial charge in [0.15, 0.2) is 0 Å². The van der Waals surface area contributed by atoms with Crippen molar-refractivity contribution in [1.29, 1.82) is 0 Å². The molecule has 0 fully saturated rings. The van der Waals surface area contributed by atoms with Crippen molar-refractivity contribution < 1.29 is 19.1 Å². The number of esters is 2. The van der Waals surface area contributed by atoms with Gasteiger partial charge in [0.05, 0.1) is 30.8 Å². The van der Waals surface area contributed by atoms with Crippen molar-refractivity contribution in [3.05, 3.63) is 47.3 Å². The van der Waals surface area contributed by atoms with E-state index in [1.165, 1.54) is 20.4 Å². The first-order chi connectivity index (χ1) is 10.5. The van der Waals surface area contributed by atoms with Crippen LogP contribution in [0.1, 0.15) is 0 Å². The number of nitrogens with one attached hydrogen (secondary N) is 1. The van der Waals surface area contributed by atoms with E-state index in [0.717, 1.165) is 6.08 Å². The molecule has 0 spiro atoms. The summed E-state index contributed by atoms with van der Waals surface area (Å²) >= 11 is 5.95. The summed E-state index contributed by atoms with van der Waals surface area (Å²) < 4.78 is 9.17. The van der Waals surface area contributed by atoms with Crippen molar-refractivity contribution in [2.45, 2.75) is 0 Å². The third-order valence-corrected chi connectivity index (χ3v) is 3.04. The third kappa shape index (κ3) is 3.53. The Bertz CT molecular complexity index is 758. The van der Waals surface area contributed by atoms with Crippen LogP contribution in [0.15, 0.2) is 42.2 Å². The highest BCUT2D eigenvalue weighted by Crippen LogP contribution is 2.25. The van der Waals surface area contributed by atoms with Gasteiger partial charge in [-0.1, -0.05) is 17.7 Å². The average molecular weight is 321 g/mol. The summed E-state index contributed by atoms with van der Waals surface area (Å²) in [6.45, 7) is 0. The number of aromatic nitrogens is 1. The monoisotopic (exact) mass is 320 g/mol. The van der Waals surface area contributed by atoms with Crippen molar-refractivity contribution in [2.75, 3.05) is 19.5 Å². The maximum absolute atomic E-state index is 11.8. The minimum atomic E-state index is -0.697. The number of pyridine rings is 1. The summed E-state index contributed by atoms with van der Waals surface area (Å²) in [5.74, 6) is -1.37. The van der Waals surface area contributed by atoms with Crippen LogP contribution in [0, 0.1) is 0 Å². The number of halogens is 1. The SMILES string of the molecule is COC(=O)/C=C(/Nc1cccc2ncc(Cl)cc12)C(=O)OC. The van der Waals surface area contributed by atoms with E-state index in [4.69, 9.17) is 11.6 Å². The molecule has 0 aliphatic heterocycles. The van der Waals surface area contributed by atoms with Gasteiger partial charge in [0.25, 0.3) is 0 Å². The molecule has 1 aromatic carbocycles. The van der Waals surface area contributed by atoms with Crippen LogP contribution < -0.4 is 5.32 Å². The lowest BCUT2D eigenvalue weighted by Gasteiger charge is -2.11. The van der Waals surface area contributed by atoms with Gasteiger partial charge >= 0.3 is 11.9 Å². The van der Waals surface area contributed by atoms with Crippen LogP contribution in [-0.4, -0.2) is 31.1 Å². The van der Waals surface area contributed by atoms with Crippen LogP contribution in [0.25, 0.3) is 10.9 Å². The highest BCUT2D eigenvalue weighted by atomic mass is 35.5. The summed E-state index contributed by atoms with van der Waals surface area (Å²) in [6.07, 6.45) is 2.54. The Hall–Kier alpha value is -2.60. The zero-order valence-electron chi connectivity index (χ0n) is 11.9. The first-order valence-corrected chi connectivity index (χ1v) is 6.62. The maximum Gasteiger partial charge on any atom is 0.354 e. The van der Waals surface area contributed by atoms with Gasteiger partial charge < -0.3 is 14.8 Å². The van der Waals surface area contributed by atoms with E-state index in [-0.39, 0.29) is 5.70 Å². The highest BCUT2D eigenvalue weighted by molar-refractivity contribution is 6.31. The van der Waals surface area contributed by atoms with Crippen LogP contribution in [0.3, 0.4) is 0 Å². The quantitative estimate of drug-likeness (QED) is 0.689. The van der Waals surface area contributed by atoms with Crippen LogP contribution in [0.5, 0.6) is 0 Å². The van der Waals surface area contributed by atoms with E-state index in [0.29, 0.717) is 21.6 Å². The molecular formula is C15H13ClN2O4. The third-order valence-electron chi connectivity index (χ3n) is 2.83. The largest absolute Gasteiger partial charge is 0.466 e. The lowest BCUT2D eigenvalue weighted by molar-refractivity contribution is -0.138. The minimum Gasteiger partial charge on any atom is -0.466 e. The van der Waals surface area contributed by atoms with Crippen molar-refractivity contribution in [3.63, 3.8) is 0 Å². The normalized spacial score (nSPS) is 11.1. The van der Waals surface area contributed by atoms with Gasteiger partial charge in [-0.25, -0.2) is 9.59 Å². The molecule has 1 heterocycles. The standard InChI is InChI=1S/C15H13ClN2O4/c1-21-14(19)7-13(15(20)22-2)18-12-5-3-4-11-10(12)6-9(16)8-17-11/h3-8,18H,1-2H3/b13-7+. The lowest BCUT2D eigenvalue weighted by Crippen LogP contribution is -2.15. The second-order valence-electron chi connectivity index (χ2n) is 4.22. The molecule has 7 heteroatoms. The van der Waals surface area contributed by atoms with E-state index >= 15 is 0 Å². The van der Waals surface area contributed by atoms with E-state index < -0.39 is 11.9 Å². The molecule has 0 unspecified atom stereocenters. The zero-order valence-corrected chi connectivity index (χ0v) is 12.7. The number of rotatable bonds is 4. The van der Waals surface area contributed by atoms with Crippen LogP contribution in [-0.2, 0) is 19.1 Å². The molecule has 22 heavy (non-hydrogen) atoms.